The molecule has 0 saturated carbocycles. The van der Waals surface area contributed by atoms with Gasteiger partial charge in [-0.3, -0.25) is 0 Å². The van der Waals surface area contributed by atoms with Crippen molar-refractivity contribution in [3.05, 3.63) is 194 Å². The van der Waals surface area contributed by atoms with Crippen molar-refractivity contribution in [3.63, 3.8) is 0 Å². The summed E-state index contributed by atoms with van der Waals surface area (Å²) in [6, 6.07) is 68.9. The molecule has 0 N–H and O–H groups in total. The molecule has 60 heavy (non-hydrogen) atoms. The predicted molar refractivity (Wildman–Crippen MR) is 236 cm³/mol. The maximum absolute atomic E-state index is 6.99. The van der Waals surface area contributed by atoms with E-state index in [1.807, 2.05) is 194 Å². The second-order valence-corrected chi connectivity index (χ2v) is 13.9. The molecule has 0 spiro atoms. The molecule has 2 heterocycles. The molecule has 0 aromatic heterocycles. The lowest BCUT2D eigenvalue weighted by atomic mass is 10.0. The first-order valence-electron chi connectivity index (χ1n) is 19.5. The van der Waals surface area contributed by atoms with Gasteiger partial charge in [-0.15, -0.1) is 0 Å². The maximum atomic E-state index is 6.99. The van der Waals surface area contributed by atoms with Crippen LogP contribution in [0.2, 0.25) is 0 Å². The van der Waals surface area contributed by atoms with Crippen LogP contribution < -0.4 is 18.9 Å². The van der Waals surface area contributed by atoms with Crippen molar-refractivity contribution in [3.8, 4) is 67.5 Å². The first-order chi connectivity index (χ1) is 29.8. The molecule has 8 nitrogen and oxygen atoms in total. The Morgan fingerprint density at radius 1 is 0.267 bits per heavy atom. The van der Waals surface area contributed by atoms with Gasteiger partial charge in [-0.2, -0.15) is 20.0 Å². The summed E-state index contributed by atoms with van der Waals surface area (Å²) in [5.41, 5.74) is 8.96. The average Bonchev–Trinajstić information content (AvgIpc) is 3.35. The van der Waals surface area contributed by atoms with Gasteiger partial charge in [-0.25, -0.2) is 0 Å². The van der Waals surface area contributed by atoms with Crippen molar-refractivity contribution >= 4 is 34.8 Å². The van der Waals surface area contributed by atoms with E-state index in [0.717, 1.165) is 44.5 Å². The lowest BCUT2D eigenvalue weighted by Crippen LogP contribution is -2.45. The van der Waals surface area contributed by atoms with E-state index < -0.39 is 12.6 Å². The zero-order valence-corrected chi connectivity index (χ0v) is 32.1. The molecule has 0 unspecified atom stereocenters. The van der Waals surface area contributed by atoms with Gasteiger partial charge in [0.25, 0.3) is 0 Å². The van der Waals surface area contributed by atoms with Crippen LogP contribution in [0.1, 0.15) is 0 Å². The summed E-state index contributed by atoms with van der Waals surface area (Å²) >= 11 is 0. The molecule has 286 valence electrons. The summed E-state index contributed by atoms with van der Waals surface area (Å²) in [6.45, 7) is 0. The molecular weight excluding hydrogens is 745 g/mol. The zero-order chi connectivity index (χ0) is 40.1. The lowest BCUT2D eigenvalue weighted by Gasteiger charge is -2.30. The summed E-state index contributed by atoms with van der Waals surface area (Å²) in [6.07, 6.45) is -2.55. The molecule has 10 rings (SSSR count). The van der Waals surface area contributed by atoms with Crippen molar-refractivity contribution < 1.29 is 18.9 Å². The van der Waals surface area contributed by atoms with E-state index in [1.54, 1.807) is 0 Å². The number of para-hydroxylation sites is 4. The molecule has 0 aliphatic carbocycles. The Balaban J connectivity index is 1.24. The summed E-state index contributed by atoms with van der Waals surface area (Å²) < 4.78 is 28.0. The Morgan fingerprint density at radius 3 is 0.733 bits per heavy atom. The van der Waals surface area contributed by atoms with Crippen LogP contribution in [0, 0.1) is 0 Å². The number of nitrogens with zero attached hydrogens (tertiary/aromatic N) is 4. The van der Waals surface area contributed by atoms with Crippen LogP contribution in [0.3, 0.4) is 0 Å². The number of hydrogen-bond donors (Lipinski definition) is 0. The number of aliphatic imine (C=N–C) groups is 4. The monoisotopic (exact) mass is 778 g/mol. The van der Waals surface area contributed by atoms with Crippen LogP contribution in [-0.2, 0) is 0 Å². The standard InChI is InChI=1S/C52H34N4O4/c1-5-17-35(18-6-1)39-25-13-29-43-47(39)53-33-54-48-40(36-19-7-2-8-20-36)26-14-30-44(48)59-52-51(57-43)58-45-31-15-27-41(37-21-9-3-10-22-37)49(45)55-34-56-50-42(28-16-32-46(50)60-52)38-23-11-4-12-24-38/h1-32,51-52H. The Bertz CT molecular complexity index is 2560. The van der Waals surface area contributed by atoms with Gasteiger partial charge < -0.3 is 18.9 Å². The van der Waals surface area contributed by atoms with Crippen molar-refractivity contribution in [1.29, 1.82) is 0 Å². The number of fused-ring (bicyclic) bond motifs is 5. The molecular formula is C52H34N4O4. The Labute approximate surface area is 346 Å². The van der Waals surface area contributed by atoms with E-state index in [9.17, 15) is 0 Å². The third-order valence-corrected chi connectivity index (χ3v) is 10.2. The molecule has 0 fully saturated rings. The average molecular weight is 779 g/mol. The van der Waals surface area contributed by atoms with E-state index in [-0.39, 0.29) is 0 Å². The SMILES string of the molecule is C1=Nc2c(cccc2-c2ccccc2)OC2Oc3cccc(-c4ccccc4)c3N=C=Nc3c(cccc3-c3ccccc3)OC2Oc2cccc(-c3ccccc3)c2N=1. The van der Waals surface area contributed by atoms with Crippen molar-refractivity contribution in [2.24, 2.45) is 20.0 Å². The number of hydrogen-bond acceptors (Lipinski definition) is 8. The highest BCUT2D eigenvalue weighted by molar-refractivity contribution is 5.87. The third-order valence-electron chi connectivity index (χ3n) is 10.2. The van der Waals surface area contributed by atoms with Gasteiger partial charge in [0.1, 0.15) is 34.8 Å². The largest absolute Gasteiger partial charge is 0.446 e. The van der Waals surface area contributed by atoms with Crippen molar-refractivity contribution in [1.82, 2.24) is 0 Å². The molecule has 2 aliphatic rings. The number of rotatable bonds is 4. The molecule has 0 bridgehead atoms. The van der Waals surface area contributed by atoms with Crippen LogP contribution in [0.15, 0.2) is 214 Å². The first kappa shape index (κ1) is 36.1. The van der Waals surface area contributed by atoms with Gasteiger partial charge in [0.05, 0.1) is 0 Å². The molecule has 2 aliphatic heterocycles. The molecule has 8 aromatic rings. The Hall–Kier alpha value is -8.28. The quantitative estimate of drug-likeness (QED) is 0.178. The van der Waals surface area contributed by atoms with Crippen LogP contribution in [-0.4, -0.2) is 24.6 Å². The second kappa shape index (κ2) is 16.3. The highest BCUT2D eigenvalue weighted by Gasteiger charge is 2.35. The van der Waals surface area contributed by atoms with E-state index in [1.165, 1.54) is 0 Å². The fourth-order valence-electron chi connectivity index (χ4n) is 7.35. The van der Waals surface area contributed by atoms with Crippen LogP contribution in [0.4, 0.5) is 22.7 Å². The van der Waals surface area contributed by atoms with Gasteiger partial charge in [-0.05, 0) is 46.5 Å². The Kier molecular flexibility index (Phi) is 9.80. The minimum atomic E-state index is -1.28. The smallest absolute Gasteiger partial charge is 0.316 e. The second-order valence-electron chi connectivity index (χ2n) is 13.9. The molecule has 0 amide bonds. The van der Waals surface area contributed by atoms with Gasteiger partial charge in [0.2, 0.25) is 0 Å². The minimum absolute atomic E-state index is 0.393. The molecule has 0 atom stereocenters. The highest BCUT2D eigenvalue weighted by atomic mass is 16.8. The van der Waals surface area contributed by atoms with E-state index in [0.29, 0.717) is 45.7 Å². The fraction of sp³-hybridized carbons (Fsp3) is 0.0385. The van der Waals surface area contributed by atoms with Crippen LogP contribution in [0.25, 0.3) is 44.5 Å². The Morgan fingerprint density at radius 2 is 0.500 bits per heavy atom. The maximum Gasteiger partial charge on any atom is 0.316 e. The van der Waals surface area contributed by atoms with Crippen molar-refractivity contribution in [2.75, 3.05) is 0 Å². The van der Waals surface area contributed by atoms with E-state index in [4.69, 9.17) is 38.9 Å². The van der Waals surface area contributed by atoms with Gasteiger partial charge in [-0.1, -0.05) is 170 Å². The number of ether oxygens (including phenoxy) is 4. The normalized spacial score (nSPS) is 15.1. The summed E-state index contributed by atoms with van der Waals surface area (Å²) in [7, 11) is 0. The third kappa shape index (κ3) is 7.23. The van der Waals surface area contributed by atoms with Crippen molar-refractivity contribution in [2.45, 2.75) is 12.6 Å². The minimum Gasteiger partial charge on any atom is -0.446 e. The van der Waals surface area contributed by atoms with Crippen LogP contribution in [0.5, 0.6) is 23.0 Å². The lowest BCUT2D eigenvalue weighted by molar-refractivity contribution is -0.154. The summed E-state index contributed by atoms with van der Waals surface area (Å²) in [4.78, 5) is 19.5. The van der Waals surface area contributed by atoms with Gasteiger partial charge in [0.15, 0.2) is 23.0 Å². The summed E-state index contributed by atoms with van der Waals surface area (Å²) in [5.74, 6) is 1.57. The molecule has 8 heteroatoms. The van der Waals surface area contributed by atoms with Gasteiger partial charge in [0, 0.05) is 22.3 Å². The zero-order valence-electron chi connectivity index (χ0n) is 32.1. The molecule has 0 radical (unpaired) electrons. The van der Waals surface area contributed by atoms with Gasteiger partial charge >= 0.3 is 12.6 Å². The number of benzene rings is 8. The highest BCUT2D eigenvalue weighted by Crippen LogP contribution is 2.46. The molecule has 8 aromatic carbocycles. The first-order valence-corrected chi connectivity index (χ1v) is 19.5. The van der Waals surface area contributed by atoms with E-state index >= 15 is 0 Å². The topological polar surface area (TPSA) is 86.4 Å². The summed E-state index contributed by atoms with van der Waals surface area (Å²) in [5, 5.41) is 0. The van der Waals surface area contributed by atoms with E-state index in [2.05, 4.69) is 12.0 Å². The fourth-order valence-corrected chi connectivity index (χ4v) is 7.35. The predicted octanol–water partition coefficient (Wildman–Crippen LogP) is 13.5. The molecule has 0 saturated heterocycles. The van der Waals surface area contributed by atoms with Crippen LogP contribution >= 0.6 is 0 Å².